The van der Waals surface area contributed by atoms with Crippen LogP contribution in [0.2, 0.25) is 0 Å². The van der Waals surface area contributed by atoms with Gasteiger partial charge in [-0.25, -0.2) is 9.97 Å². The number of hydrogen-bond acceptors (Lipinski definition) is 5. The van der Waals surface area contributed by atoms with Gasteiger partial charge in [0.15, 0.2) is 0 Å². The van der Waals surface area contributed by atoms with Gasteiger partial charge in [-0.05, 0) is 18.9 Å². The fourth-order valence-electron chi connectivity index (χ4n) is 3.32. The Morgan fingerprint density at radius 2 is 2.00 bits per heavy atom. The molecule has 0 spiro atoms. The maximum absolute atomic E-state index is 12.8. The highest BCUT2D eigenvalue weighted by Gasteiger charge is 2.31. The first-order valence-electron chi connectivity index (χ1n) is 8.90. The second kappa shape index (κ2) is 7.30. The first-order chi connectivity index (χ1) is 11.4. The van der Waals surface area contributed by atoms with E-state index in [-0.39, 0.29) is 11.3 Å². The summed E-state index contributed by atoms with van der Waals surface area (Å²) in [5.41, 5.74) is -0.0630. The van der Waals surface area contributed by atoms with Crippen LogP contribution in [-0.4, -0.2) is 58.5 Å². The zero-order chi connectivity index (χ0) is 17.2. The number of carbonyl (C=O) groups excluding carboxylic acids is 1. The normalized spacial score (nSPS) is 22.5. The van der Waals surface area contributed by atoms with Crippen molar-refractivity contribution in [2.24, 2.45) is 5.92 Å². The van der Waals surface area contributed by atoms with Crippen molar-refractivity contribution in [3.05, 3.63) is 18.1 Å². The molecular weight excluding hydrogens is 320 g/mol. The summed E-state index contributed by atoms with van der Waals surface area (Å²) in [6.07, 6.45) is 3.89. The van der Waals surface area contributed by atoms with Gasteiger partial charge in [0.25, 0.3) is 0 Å². The lowest BCUT2D eigenvalue weighted by atomic mass is 9.95. The summed E-state index contributed by atoms with van der Waals surface area (Å²) in [5.74, 6) is 4.41. The number of aromatic nitrogens is 2. The van der Waals surface area contributed by atoms with Crippen molar-refractivity contribution in [3.63, 3.8) is 0 Å². The average molecular weight is 349 g/mol. The first kappa shape index (κ1) is 17.5. The number of rotatable bonds is 2. The standard InChI is InChI=1S/C18H28N4OS/c1-18(2,3)17-19-7-6-15(20-17)22-8-4-5-14(13-22)16(23)21-9-11-24-12-10-21/h6-7,14H,4-5,8-13H2,1-3H3. The lowest BCUT2D eigenvalue weighted by molar-refractivity contribution is -0.135. The zero-order valence-electron chi connectivity index (χ0n) is 15.0. The smallest absolute Gasteiger partial charge is 0.227 e. The van der Waals surface area contributed by atoms with Crippen LogP contribution in [-0.2, 0) is 10.2 Å². The Labute approximate surface area is 149 Å². The molecule has 2 aliphatic heterocycles. The van der Waals surface area contributed by atoms with E-state index < -0.39 is 0 Å². The van der Waals surface area contributed by atoms with Crippen LogP contribution in [0.1, 0.15) is 39.4 Å². The van der Waals surface area contributed by atoms with Gasteiger partial charge in [-0.3, -0.25) is 4.79 Å². The van der Waals surface area contributed by atoms with Crippen LogP contribution in [0.25, 0.3) is 0 Å². The molecule has 0 aromatic carbocycles. The van der Waals surface area contributed by atoms with Gasteiger partial charge in [-0.1, -0.05) is 20.8 Å². The summed E-state index contributed by atoms with van der Waals surface area (Å²) in [5, 5.41) is 0. The van der Waals surface area contributed by atoms with Crippen LogP contribution in [0.5, 0.6) is 0 Å². The third-order valence-corrected chi connectivity index (χ3v) is 5.67. The SMILES string of the molecule is CC(C)(C)c1nccc(N2CCCC(C(=O)N3CCSCC3)C2)n1. The molecule has 2 saturated heterocycles. The molecule has 6 heteroatoms. The van der Waals surface area contributed by atoms with Crippen LogP contribution in [0.15, 0.2) is 12.3 Å². The van der Waals surface area contributed by atoms with Crippen molar-refractivity contribution >= 4 is 23.5 Å². The molecule has 1 amide bonds. The highest BCUT2D eigenvalue weighted by molar-refractivity contribution is 7.99. The van der Waals surface area contributed by atoms with Crippen molar-refractivity contribution in [1.82, 2.24) is 14.9 Å². The fraction of sp³-hybridized carbons (Fsp3) is 0.722. The topological polar surface area (TPSA) is 49.3 Å². The van der Waals surface area contributed by atoms with E-state index in [1.165, 1.54) is 0 Å². The number of nitrogens with zero attached hydrogens (tertiary/aromatic N) is 4. The van der Waals surface area contributed by atoms with Crippen molar-refractivity contribution in [2.45, 2.75) is 39.0 Å². The quantitative estimate of drug-likeness (QED) is 0.822. The molecular formula is C18H28N4OS. The molecule has 0 aliphatic carbocycles. The van der Waals surface area contributed by atoms with Crippen LogP contribution in [0, 0.1) is 5.92 Å². The van der Waals surface area contributed by atoms with E-state index in [0.717, 1.165) is 62.2 Å². The summed E-state index contributed by atoms with van der Waals surface area (Å²) in [6, 6.07) is 1.97. The summed E-state index contributed by atoms with van der Waals surface area (Å²) in [4.78, 5) is 26.3. The van der Waals surface area contributed by atoms with Crippen molar-refractivity contribution in [1.29, 1.82) is 0 Å². The Balaban J connectivity index is 1.70. The van der Waals surface area contributed by atoms with Gasteiger partial charge in [0.05, 0.1) is 5.92 Å². The zero-order valence-corrected chi connectivity index (χ0v) is 15.8. The lowest BCUT2D eigenvalue weighted by Gasteiger charge is -2.36. The Kier molecular flexibility index (Phi) is 5.33. The third-order valence-electron chi connectivity index (χ3n) is 4.73. The largest absolute Gasteiger partial charge is 0.356 e. The van der Waals surface area contributed by atoms with E-state index in [2.05, 4.69) is 35.6 Å². The van der Waals surface area contributed by atoms with E-state index in [0.29, 0.717) is 5.91 Å². The minimum atomic E-state index is -0.0630. The summed E-state index contributed by atoms with van der Waals surface area (Å²) in [6.45, 7) is 9.95. The number of thioether (sulfide) groups is 1. The Morgan fingerprint density at radius 1 is 1.25 bits per heavy atom. The first-order valence-corrected chi connectivity index (χ1v) is 10.1. The van der Waals surface area contributed by atoms with Crippen molar-refractivity contribution in [2.75, 3.05) is 42.6 Å². The summed E-state index contributed by atoms with van der Waals surface area (Å²) < 4.78 is 0. The molecule has 2 aliphatic rings. The average Bonchev–Trinajstić information content (AvgIpc) is 2.61. The lowest BCUT2D eigenvalue weighted by Crippen LogP contribution is -2.47. The molecule has 1 atom stereocenters. The fourth-order valence-corrected chi connectivity index (χ4v) is 4.22. The molecule has 24 heavy (non-hydrogen) atoms. The Hall–Kier alpha value is -1.30. The van der Waals surface area contributed by atoms with E-state index in [4.69, 9.17) is 4.98 Å². The maximum Gasteiger partial charge on any atom is 0.227 e. The van der Waals surface area contributed by atoms with Crippen LogP contribution < -0.4 is 4.90 Å². The van der Waals surface area contributed by atoms with Gasteiger partial charge >= 0.3 is 0 Å². The molecule has 1 unspecified atom stereocenters. The Morgan fingerprint density at radius 3 is 2.71 bits per heavy atom. The molecule has 1 aromatic rings. The number of carbonyl (C=O) groups is 1. The predicted octanol–water partition coefficient (Wildman–Crippen LogP) is 2.57. The van der Waals surface area contributed by atoms with E-state index in [9.17, 15) is 4.79 Å². The highest BCUT2D eigenvalue weighted by atomic mass is 32.2. The van der Waals surface area contributed by atoms with Crippen LogP contribution >= 0.6 is 11.8 Å². The molecule has 3 rings (SSSR count). The number of anilines is 1. The third kappa shape index (κ3) is 4.02. The van der Waals surface area contributed by atoms with Gasteiger partial charge in [-0.2, -0.15) is 11.8 Å². The second-order valence-electron chi connectivity index (χ2n) is 7.71. The monoisotopic (exact) mass is 348 g/mol. The van der Waals surface area contributed by atoms with E-state index in [1.54, 1.807) is 0 Å². The molecule has 1 aromatic heterocycles. The second-order valence-corrected chi connectivity index (χ2v) is 8.94. The molecule has 132 valence electrons. The molecule has 3 heterocycles. The molecule has 5 nitrogen and oxygen atoms in total. The molecule has 0 N–H and O–H groups in total. The van der Waals surface area contributed by atoms with Gasteiger partial charge in [-0.15, -0.1) is 0 Å². The minimum absolute atomic E-state index is 0.0630. The van der Waals surface area contributed by atoms with Crippen molar-refractivity contribution < 1.29 is 4.79 Å². The van der Waals surface area contributed by atoms with Crippen molar-refractivity contribution in [3.8, 4) is 0 Å². The van der Waals surface area contributed by atoms with Gasteiger partial charge in [0.2, 0.25) is 5.91 Å². The van der Waals surface area contributed by atoms with Gasteiger partial charge in [0.1, 0.15) is 11.6 Å². The highest BCUT2D eigenvalue weighted by Crippen LogP contribution is 2.26. The molecule has 0 saturated carbocycles. The van der Waals surface area contributed by atoms with Crippen LogP contribution in [0.4, 0.5) is 5.82 Å². The number of hydrogen-bond donors (Lipinski definition) is 0. The number of amides is 1. The Bertz CT molecular complexity index is 581. The summed E-state index contributed by atoms with van der Waals surface area (Å²) in [7, 11) is 0. The molecule has 0 bridgehead atoms. The summed E-state index contributed by atoms with van der Waals surface area (Å²) >= 11 is 1.94. The van der Waals surface area contributed by atoms with E-state index >= 15 is 0 Å². The minimum Gasteiger partial charge on any atom is -0.356 e. The predicted molar refractivity (Wildman–Crippen MR) is 99.6 cm³/mol. The molecule has 2 fully saturated rings. The molecule has 0 radical (unpaired) electrons. The van der Waals surface area contributed by atoms with E-state index in [1.807, 2.05) is 24.0 Å². The number of piperidine rings is 1. The van der Waals surface area contributed by atoms with Crippen LogP contribution in [0.3, 0.4) is 0 Å². The van der Waals surface area contributed by atoms with Gasteiger partial charge in [0, 0.05) is 49.3 Å². The maximum atomic E-state index is 12.8. The van der Waals surface area contributed by atoms with Gasteiger partial charge < -0.3 is 9.80 Å².